The van der Waals surface area contributed by atoms with E-state index in [1.54, 1.807) is 40.6 Å². The summed E-state index contributed by atoms with van der Waals surface area (Å²) in [5.41, 5.74) is 1.57. The predicted octanol–water partition coefficient (Wildman–Crippen LogP) is 7.12. The molecular formula is C30H27ClF4N4OS. The number of amides is 1. The predicted molar refractivity (Wildman–Crippen MR) is 152 cm³/mol. The molecule has 11 heteroatoms. The Balaban J connectivity index is 1.27. The monoisotopic (exact) mass is 602 g/mol. The molecule has 1 aliphatic rings. The van der Waals surface area contributed by atoms with Crippen LogP contribution in [-0.2, 0) is 25.8 Å². The number of para-hydroxylation sites is 1. The van der Waals surface area contributed by atoms with Gasteiger partial charge in [-0.15, -0.1) is 11.3 Å². The van der Waals surface area contributed by atoms with Crippen LogP contribution in [0.4, 0.5) is 23.2 Å². The third kappa shape index (κ3) is 7.44. The highest BCUT2D eigenvalue weighted by atomic mass is 35.5. The highest BCUT2D eigenvalue weighted by Gasteiger charge is 2.30. The third-order valence-electron chi connectivity index (χ3n) is 6.85. The molecule has 0 saturated carbocycles. The molecule has 1 aromatic heterocycles. The summed E-state index contributed by atoms with van der Waals surface area (Å²) in [6, 6.07) is 19.2. The number of hydrogen-bond acceptors (Lipinski definition) is 5. The molecule has 5 nitrogen and oxygen atoms in total. The minimum atomic E-state index is -4.43. The van der Waals surface area contributed by atoms with Gasteiger partial charge < -0.3 is 9.80 Å². The lowest BCUT2D eigenvalue weighted by Crippen LogP contribution is -2.49. The van der Waals surface area contributed by atoms with Gasteiger partial charge in [-0.3, -0.25) is 9.69 Å². The molecule has 3 aromatic carbocycles. The van der Waals surface area contributed by atoms with Gasteiger partial charge in [-0.25, -0.2) is 9.37 Å². The van der Waals surface area contributed by atoms with Crippen LogP contribution in [0.5, 0.6) is 0 Å². The summed E-state index contributed by atoms with van der Waals surface area (Å²) in [5.74, 6) is -0.483. The Morgan fingerprint density at radius 2 is 1.59 bits per heavy atom. The van der Waals surface area contributed by atoms with Crippen molar-refractivity contribution < 1.29 is 22.4 Å². The van der Waals surface area contributed by atoms with Crippen molar-refractivity contribution in [1.29, 1.82) is 0 Å². The van der Waals surface area contributed by atoms with Crippen LogP contribution >= 0.6 is 22.9 Å². The smallest absolute Gasteiger partial charge is 0.366 e. The molecule has 2 heterocycles. The van der Waals surface area contributed by atoms with Crippen LogP contribution in [0, 0.1) is 5.82 Å². The van der Waals surface area contributed by atoms with Crippen molar-refractivity contribution in [3.63, 3.8) is 0 Å². The highest BCUT2D eigenvalue weighted by molar-refractivity contribution is 7.09. The summed E-state index contributed by atoms with van der Waals surface area (Å²) in [5, 5.41) is 2.95. The molecule has 0 bridgehead atoms. The summed E-state index contributed by atoms with van der Waals surface area (Å²) in [7, 11) is 0. The van der Waals surface area contributed by atoms with E-state index in [-0.39, 0.29) is 18.3 Å². The number of thiazole rings is 1. The van der Waals surface area contributed by atoms with Gasteiger partial charge in [-0.2, -0.15) is 13.2 Å². The molecule has 1 saturated heterocycles. The van der Waals surface area contributed by atoms with E-state index in [9.17, 15) is 22.4 Å². The van der Waals surface area contributed by atoms with E-state index in [4.69, 9.17) is 11.6 Å². The van der Waals surface area contributed by atoms with Gasteiger partial charge in [-0.1, -0.05) is 54.1 Å². The fourth-order valence-electron chi connectivity index (χ4n) is 4.86. The zero-order valence-corrected chi connectivity index (χ0v) is 23.5. The van der Waals surface area contributed by atoms with Crippen molar-refractivity contribution >= 4 is 34.5 Å². The van der Waals surface area contributed by atoms with Gasteiger partial charge >= 0.3 is 6.18 Å². The van der Waals surface area contributed by atoms with Gasteiger partial charge in [0.2, 0.25) is 0 Å². The minimum absolute atomic E-state index is 0.194. The average molecular weight is 603 g/mol. The molecule has 214 valence electrons. The molecule has 0 aliphatic carbocycles. The summed E-state index contributed by atoms with van der Waals surface area (Å²) in [6.45, 7) is 2.91. The van der Waals surface area contributed by atoms with Crippen LogP contribution in [0.15, 0.2) is 78.2 Å². The molecule has 1 aliphatic heterocycles. The molecule has 0 spiro atoms. The molecule has 0 atom stereocenters. The van der Waals surface area contributed by atoms with Gasteiger partial charge in [0.05, 0.1) is 17.8 Å². The maximum Gasteiger partial charge on any atom is 0.416 e. The van der Waals surface area contributed by atoms with Crippen molar-refractivity contribution in [1.82, 2.24) is 14.8 Å². The van der Waals surface area contributed by atoms with Crippen molar-refractivity contribution in [2.45, 2.75) is 25.8 Å². The van der Waals surface area contributed by atoms with Gasteiger partial charge in [0.25, 0.3) is 5.91 Å². The molecular weight excluding hydrogens is 576 g/mol. The second-order valence-corrected chi connectivity index (χ2v) is 11.2. The first-order valence-corrected chi connectivity index (χ1v) is 14.3. The summed E-state index contributed by atoms with van der Waals surface area (Å²) < 4.78 is 54.1. The zero-order chi connectivity index (χ0) is 29.0. The molecule has 5 rings (SSSR count). The largest absolute Gasteiger partial charge is 0.416 e. The standard InChI is InChI=1S/C30H27ClF4N4OS/c31-24-8-4-6-22(16-24)18-37(17-21-5-3-7-23(15-21)30(33,34)35)19-28-36-26(20-41-28)29(40)39-13-11-38(12-14-39)27-10-2-1-9-25(27)32/h1-10,15-16,20H,11-14,17-19H2. The van der Waals surface area contributed by atoms with E-state index in [0.29, 0.717) is 66.2 Å². The Kier molecular flexibility index (Phi) is 8.91. The number of carbonyl (C=O) groups excluding carboxylic acids is 1. The number of alkyl halides is 3. The van der Waals surface area contributed by atoms with Crippen molar-refractivity contribution in [2.75, 3.05) is 31.1 Å². The first-order chi connectivity index (χ1) is 19.7. The molecule has 1 fully saturated rings. The number of nitrogens with zero attached hydrogens (tertiary/aromatic N) is 4. The molecule has 0 unspecified atom stereocenters. The topological polar surface area (TPSA) is 39.7 Å². The fourth-order valence-corrected chi connectivity index (χ4v) is 5.88. The van der Waals surface area contributed by atoms with E-state index in [1.807, 2.05) is 28.0 Å². The number of carbonyl (C=O) groups is 1. The SMILES string of the molecule is O=C(c1csc(CN(Cc2cccc(Cl)c2)Cc2cccc(C(F)(F)F)c2)n1)N1CCN(c2ccccc2F)CC1. The van der Waals surface area contributed by atoms with E-state index in [0.717, 1.165) is 17.7 Å². The normalized spacial score (nSPS) is 14.1. The quantitative estimate of drug-likeness (QED) is 0.201. The Labute approximate surface area is 244 Å². The molecule has 0 radical (unpaired) electrons. The van der Waals surface area contributed by atoms with E-state index < -0.39 is 11.7 Å². The zero-order valence-electron chi connectivity index (χ0n) is 22.0. The maximum atomic E-state index is 14.2. The summed E-state index contributed by atoms with van der Waals surface area (Å²) in [6.07, 6.45) is -4.43. The van der Waals surface area contributed by atoms with E-state index >= 15 is 0 Å². The summed E-state index contributed by atoms with van der Waals surface area (Å²) >= 11 is 7.50. The molecule has 41 heavy (non-hydrogen) atoms. The van der Waals surface area contributed by atoms with Crippen molar-refractivity contribution in [3.05, 3.63) is 116 Å². The van der Waals surface area contributed by atoms with Crippen molar-refractivity contribution in [3.8, 4) is 0 Å². The van der Waals surface area contributed by atoms with E-state index in [2.05, 4.69) is 4.98 Å². The van der Waals surface area contributed by atoms with Crippen LogP contribution in [-0.4, -0.2) is 46.9 Å². The lowest BCUT2D eigenvalue weighted by molar-refractivity contribution is -0.137. The first kappa shape index (κ1) is 29.0. The lowest BCUT2D eigenvalue weighted by atomic mass is 10.1. The van der Waals surface area contributed by atoms with Gasteiger partial charge in [0.1, 0.15) is 16.5 Å². The molecule has 1 amide bonds. The number of anilines is 1. The number of piperazine rings is 1. The van der Waals surface area contributed by atoms with Crippen LogP contribution in [0.3, 0.4) is 0 Å². The number of aromatic nitrogens is 1. The Morgan fingerprint density at radius 1 is 0.902 bits per heavy atom. The number of halogens is 5. The van der Waals surface area contributed by atoms with Crippen LogP contribution in [0.25, 0.3) is 0 Å². The highest BCUT2D eigenvalue weighted by Crippen LogP contribution is 2.30. The number of hydrogen-bond donors (Lipinski definition) is 0. The van der Waals surface area contributed by atoms with E-state index in [1.165, 1.54) is 23.5 Å². The first-order valence-electron chi connectivity index (χ1n) is 13.0. The maximum absolute atomic E-state index is 14.2. The summed E-state index contributed by atoms with van der Waals surface area (Å²) in [4.78, 5) is 23.4. The van der Waals surface area contributed by atoms with Crippen LogP contribution in [0.1, 0.15) is 32.2 Å². The van der Waals surface area contributed by atoms with Gasteiger partial charge in [0.15, 0.2) is 0 Å². The fraction of sp³-hybridized carbons (Fsp3) is 0.267. The third-order valence-corrected chi connectivity index (χ3v) is 7.91. The number of rotatable bonds is 8. The average Bonchev–Trinajstić information content (AvgIpc) is 3.41. The molecule has 0 N–H and O–H groups in total. The second-order valence-electron chi connectivity index (χ2n) is 9.83. The van der Waals surface area contributed by atoms with Gasteiger partial charge in [0, 0.05) is 49.7 Å². The van der Waals surface area contributed by atoms with Crippen molar-refractivity contribution in [2.24, 2.45) is 0 Å². The lowest BCUT2D eigenvalue weighted by Gasteiger charge is -2.35. The second kappa shape index (κ2) is 12.6. The number of benzene rings is 3. The Morgan fingerprint density at radius 3 is 2.27 bits per heavy atom. The Hall–Kier alpha value is -3.47. The minimum Gasteiger partial charge on any atom is -0.366 e. The van der Waals surface area contributed by atoms with Crippen LogP contribution in [0.2, 0.25) is 5.02 Å². The van der Waals surface area contributed by atoms with Gasteiger partial charge in [-0.05, 0) is 41.5 Å². The van der Waals surface area contributed by atoms with Crippen LogP contribution < -0.4 is 4.90 Å². The molecule has 4 aromatic rings. The Bertz CT molecular complexity index is 1500.